The number of hydrogen-bond acceptors (Lipinski definition) is 6. The summed E-state index contributed by atoms with van der Waals surface area (Å²) in [6.07, 6.45) is 1.52. The molecule has 1 fully saturated rings. The van der Waals surface area contributed by atoms with E-state index in [4.69, 9.17) is 0 Å². The van der Waals surface area contributed by atoms with Crippen LogP contribution in [0, 0.1) is 6.92 Å². The maximum absolute atomic E-state index is 12.3. The zero-order valence-corrected chi connectivity index (χ0v) is 15.7. The molecule has 2 aromatic rings. The quantitative estimate of drug-likeness (QED) is 0.876. The average molecular weight is 380 g/mol. The Labute approximate surface area is 151 Å². The molecular weight excluding hydrogens is 360 g/mol. The van der Waals surface area contributed by atoms with Crippen molar-refractivity contribution in [2.24, 2.45) is 0 Å². The molecule has 134 valence electrons. The van der Waals surface area contributed by atoms with E-state index in [0.717, 1.165) is 10.7 Å². The number of thiophene rings is 1. The highest BCUT2D eigenvalue weighted by Crippen LogP contribution is 2.24. The van der Waals surface area contributed by atoms with E-state index in [2.05, 4.69) is 14.6 Å². The van der Waals surface area contributed by atoms with Crippen molar-refractivity contribution in [3.8, 4) is 0 Å². The maximum atomic E-state index is 12.3. The van der Waals surface area contributed by atoms with E-state index >= 15 is 0 Å². The van der Waals surface area contributed by atoms with Crippen molar-refractivity contribution in [3.05, 3.63) is 35.3 Å². The van der Waals surface area contributed by atoms with Gasteiger partial charge in [0, 0.05) is 38.0 Å². The van der Waals surface area contributed by atoms with Gasteiger partial charge in [0.05, 0.1) is 11.9 Å². The highest BCUT2D eigenvalue weighted by Gasteiger charge is 2.20. The van der Waals surface area contributed by atoms with E-state index in [0.29, 0.717) is 31.9 Å². The van der Waals surface area contributed by atoms with Gasteiger partial charge in [0.25, 0.3) is 10.0 Å². The Morgan fingerprint density at radius 2 is 1.88 bits per heavy atom. The van der Waals surface area contributed by atoms with Crippen LogP contribution >= 0.6 is 11.3 Å². The first-order valence-corrected chi connectivity index (χ1v) is 10.2. The standard InChI is InChI=1S/C16H20N4O3S2/c1-12-3-6-16(24-12)25(22,23)18-14-4-5-15(17-11-14)20-9-7-19(8-10-20)13(2)21/h3-6,11,18H,7-10H2,1-2H3. The van der Waals surface area contributed by atoms with Crippen LogP contribution in [0.4, 0.5) is 11.5 Å². The van der Waals surface area contributed by atoms with E-state index in [1.165, 1.54) is 17.5 Å². The number of carbonyl (C=O) groups excluding carboxylic acids is 1. The molecule has 1 N–H and O–H groups in total. The van der Waals surface area contributed by atoms with Gasteiger partial charge in [-0.3, -0.25) is 9.52 Å². The Bertz CT molecular complexity index is 854. The number of piperazine rings is 1. The van der Waals surface area contributed by atoms with Crippen LogP contribution in [0.5, 0.6) is 0 Å². The number of aromatic nitrogens is 1. The number of anilines is 2. The molecule has 0 aliphatic carbocycles. The number of hydrogen-bond donors (Lipinski definition) is 1. The molecule has 9 heteroatoms. The minimum absolute atomic E-state index is 0.0844. The van der Waals surface area contributed by atoms with Gasteiger partial charge in [-0.25, -0.2) is 13.4 Å². The van der Waals surface area contributed by atoms with E-state index in [-0.39, 0.29) is 10.1 Å². The minimum Gasteiger partial charge on any atom is -0.353 e. The average Bonchev–Trinajstić information content (AvgIpc) is 3.03. The normalized spacial score (nSPS) is 15.3. The van der Waals surface area contributed by atoms with Gasteiger partial charge in [0.15, 0.2) is 0 Å². The van der Waals surface area contributed by atoms with E-state index in [1.807, 2.05) is 11.8 Å². The van der Waals surface area contributed by atoms with Gasteiger partial charge in [-0.05, 0) is 31.2 Å². The Hall–Kier alpha value is -2.13. The van der Waals surface area contributed by atoms with Crippen LogP contribution in [0.1, 0.15) is 11.8 Å². The second-order valence-corrected chi connectivity index (χ2v) is 9.07. The van der Waals surface area contributed by atoms with Crippen LogP contribution in [0.2, 0.25) is 0 Å². The lowest BCUT2D eigenvalue weighted by molar-refractivity contribution is -0.129. The predicted molar refractivity (Wildman–Crippen MR) is 98.6 cm³/mol. The lowest BCUT2D eigenvalue weighted by Gasteiger charge is -2.34. The predicted octanol–water partition coefficient (Wildman–Crippen LogP) is 1.92. The summed E-state index contributed by atoms with van der Waals surface area (Å²) in [6.45, 7) is 6.21. The molecule has 1 amide bonds. The third kappa shape index (κ3) is 4.10. The zero-order chi connectivity index (χ0) is 18.0. The van der Waals surface area contributed by atoms with Gasteiger partial charge in [-0.15, -0.1) is 11.3 Å². The van der Waals surface area contributed by atoms with Gasteiger partial charge in [-0.1, -0.05) is 0 Å². The molecule has 0 aromatic carbocycles. The molecule has 0 spiro atoms. The number of carbonyl (C=O) groups is 1. The van der Waals surface area contributed by atoms with Crippen molar-refractivity contribution in [2.75, 3.05) is 35.8 Å². The summed E-state index contributed by atoms with van der Waals surface area (Å²) < 4.78 is 27.5. The molecule has 0 saturated carbocycles. The number of nitrogens with one attached hydrogen (secondary N) is 1. The maximum Gasteiger partial charge on any atom is 0.271 e. The summed E-state index contributed by atoms with van der Waals surface area (Å²) in [6, 6.07) is 6.87. The molecule has 3 heterocycles. The van der Waals surface area contributed by atoms with E-state index < -0.39 is 10.0 Å². The minimum atomic E-state index is -3.58. The number of amides is 1. The number of aryl methyl sites for hydroxylation is 1. The lowest BCUT2D eigenvalue weighted by atomic mass is 10.3. The zero-order valence-electron chi connectivity index (χ0n) is 14.1. The van der Waals surface area contributed by atoms with E-state index in [9.17, 15) is 13.2 Å². The molecule has 1 aliphatic rings. The van der Waals surface area contributed by atoms with Crippen molar-refractivity contribution in [1.29, 1.82) is 0 Å². The Balaban J connectivity index is 1.66. The summed E-state index contributed by atoms with van der Waals surface area (Å²) in [5, 5.41) is 0. The summed E-state index contributed by atoms with van der Waals surface area (Å²) in [4.78, 5) is 20.6. The first kappa shape index (κ1) is 17.7. The van der Waals surface area contributed by atoms with Crippen molar-refractivity contribution in [3.63, 3.8) is 0 Å². The molecule has 7 nitrogen and oxygen atoms in total. The van der Waals surface area contributed by atoms with Crippen molar-refractivity contribution >= 4 is 38.8 Å². The van der Waals surface area contributed by atoms with Gasteiger partial charge in [0.2, 0.25) is 5.91 Å². The van der Waals surface area contributed by atoms with Crippen molar-refractivity contribution in [1.82, 2.24) is 9.88 Å². The van der Waals surface area contributed by atoms with Crippen LogP contribution in [-0.4, -0.2) is 50.4 Å². The van der Waals surface area contributed by atoms with E-state index in [1.54, 1.807) is 31.2 Å². The summed E-state index contributed by atoms with van der Waals surface area (Å²) in [7, 11) is -3.58. The molecule has 0 unspecified atom stereocenters. The molecule has 0 atom stereocenters. The van der Waals surface area contributed by atoms with Crippen LogP contribution in [0.15, 0.2) is 34.7 Å². The summed E-state index contributed by atoms with van der Waals surface area (Å²) in [5.74, 6) is 0.860. The summed E-state index contributed by atoms with van der Waals surface area (Å²) in [5.41, 5.74) is 0.428. The molecule has 0 radical (unpaired) electrons. The fourth-order valence-corrected chi connectivity index (χ4v) is 4.97. The Morgan fingerprint density at radius 3 is 2.40 bits per heavy atom. The van der Waals surface area contributed by atoms with Crippen LogP contribution in [0.3, 0.4) is 0 Å². The second-order valence-electron chi connectivity index (χ2n) is 5.87. The highest BCUT2D eigenvalue weighted by atomic mass is 32.2. The fraction of sp³-hybridized carbons (Fsp3) is 0.375. The molecule has 25 heavy (non-hydrogen) atoms. The van der Waals surface area contributed by atoms with Gasteiger partial charge < -0.3 is 9.80 Å². The lowest BCUT2D eigenvalue weighted by Crippen LogP contribution is -2.48. The number of pyridine rings is 1. The van der Waals surface area contributed by atoms with Crippen molar-refractivity contribution in [2.45, 2.75) is 18.1 Å². The monoisotopic (exact) mass is 380 g/mol. The van der Waals surface area contributed by atoms with Crippen LogP contribution in [-0.2, 0) is 14.8 Å². The van der Waals surface area contributed by atoms with Gasteiger partial charge >= 0.3 is 0 Å². The van der Waals surface area contributed by atoms with Gasteiger partial charge in [-0.2, -0.15) is 0 Å². The highest BCUT2D eigenvalue weighted by molar-refractivity contribution is 7.94. The summed E-state index contributed by atoms with van der Waals surface area (Å²) >= 11 is 1.23. The number of sulfonamides is 1. The molecule has 2 aromatic heterocycles. The van der Waals surface area contributed by atoms with Crippen LogP contribution in [0.25, 0.3) is 0 Å². The van der Waals surface area contributed by atoms with Crippen LogP contribution < -0.4 is 9.62 Å². The first-order chi connectivity index (χ1) is 11.8. The number of nitrogens with zero attached hydrogens (tertiary/aromatic N) is 3. The molecule has 0 bridgehead atoms. The van der Waals surface area contributed by atoms with Gasteiger partial charge in [0.1, 0.15) is 10.0 Å². The van der Waals surface area contributed by atoms with Crippen molar-refractivity contribution < 1.29 is 13.2 Å². The first-order valence-electron chi connectivity index (χ1n) is 7.91. The molecular formula is C16H20N4O3S2. The molecule has 1 saturated heterocycles. The number of rotatable bonds is 4. The smallest absolute Gasteiger partial charge is 0.271 e. The Kier molecular flexibility index (Phi) is 4.96. The third-order valence-electron chi connectivity index (χ3n) is 4.03. The largest absolute Gasteiger partial charge is 0.353 e. The molecule has 3 rings (SSSR count). The Morgan fingerprint density at radius 1 is 1.16 bits per heavy atom. The third-order valence-corrected chi connectivity index (χ3v) is 6.90. The second kappa shape index (κ2) is 7.01. The fourth-order valence-electron chi connectivity index (χ4n) is 2.65. The SMILES string of the molecule is CC(=O)N1CCN(c2ccc(NS(=O)(=O)c3ccc(C)s3)cn2)CC1. The molecule has 1 aliphatic heterocycles. The topological polar surface area (TPSA) is 82.6 Å².